The summed E-state index contributed by atoms with van der Waals surface area (Å²) in [6, 6.07) is 8.00. The van der Waals surface area contributed by atoms with Gasteiger partial charge in [-0.3, -0.25) is 4.79 Å². The highest BCUT2D eigenvalue weighted by molar-refractivity contribution is 5.76. The Balaban J connectivity index is 1.81. The minimum atomic E-state index is -0.159. The van der Waals surface area contributed by atoms with Crippen molar-refractivity contribution in [3.63, 3.8) is 0 Å². The fourth-order valence-corrected chi connectivity index (χ4v) is 2.36. The average Bonchev–Trinajstić information content (AvgIpc) is 3.09. The van der Waals surface area contributed by atoms with E-state index in [4.69, 9.17) is 9.26 Å². The number of rotatable bonds is 9. The molecule has 0 aliphatic heterocycles. The van der Waals surface area contributed by atoms with Crippen molar-refractivity contribution in [1.82, 2.24) is 15.5 Å². The summed E-state index contributed by atoms with van der Waals surface area (Å²) in [6.07, 6.45) is 1.75. The van der Waals surface area contributed by atoms with Crippen LogP contribution in [0.25, 0.3) is 0 Å². The first kappa shape index (κ1) is 20.1. The van der Waals surface area contributed by atoms with Crippen LogP contribution < -0.4 is 5.32 Å². The Morgan fingerprint density at radius 2 is 1.96 bits per heavy atom. The Bertz CT molecular complexity index is 704. The molecule has 1 aromatic carbocycles. The number of carbonyl (C=O) groups is 1. The Kier molecular flexibility index (Phi) is 7.33. The molecule has 0 saturated heterocycles. The highest BCUT2D eigenvalue weighted by Crippen LogP contribution is 2.18. The third kappa shape index (κ3) is 6.26. The number of benzene rings is 1. The zero-order chi connectivity index (χ0) is 19.0. The summed E-state index contributed by atoms with van der Waals surface area (Å²) in [7, 11) is 0. The molecule has 1 N–H and O–H groups in total. The molecule has 0 aliphatic rings. The lowest BCUT2D eigenvalue weighted by atomic mass is 9.96. The number of nitrogens with one attached hydrogen (secondary N) is 1. The Morgan fingerprint density at radius 1 is 1.23 bits per heavy atom. The van der Waals surface area contributed by atoms with Crippen LogP contribution in [0.4, 0.5) is 0 Å². The Labute approximate surface area is 155 Å². The molecule has 0 radical (unpaired) electrons. The predicted molar refractivity (Wildman–Crippen MR) is 99.6 cm³/mol. The summed E-state index contributed by atoms with van der Waals surface area (Å²) in [4.78, 5) is 16.5. The summed E-state index contributed by atoms with van der Waals surface area (Å²) < 4.78 is 10.8. The summed E-state index contributed by atoms with van der Waals surface area (Å²) in [5.74, 6) is 1.12. The Hall–Kier alpha value is -2.21. The second kappa shape index (κ2) is 9.48. The van der Waals surface area contributed by atoms with Crippen molar-refractivity contribution < 1.29 is 14.1 Å². The molecule has 6 nitrogen and oxygen atoms in total. The molecule has 1 amide bonds. The standard InChI is InChI=1S/C20H29N3O3/c1-5-12-25-14-16-9-7-6-8-15(16)13-21-17(24)10-11-18-22-19(23-26-18)20(2,3)4/h6-9H,5,10-14H2,1-4H3,(H,21,24). The molecule has 0 unspecified atom stereocenters. The molecular weight excluding hydrogens is 330 g/mol. The van der Waals surface area contributed by atoms with E-state index in [9.17, 15) is 4.79 Å². The lowest BCUT2D eigenvalue weighted by Crippen LogP contribution is -2.23. The van der Waals surface area contributed by atoms with Crippen LogP contribution >= 0.6 is 0 Å². The van der Waals surface area contributed by atoms with Gasteiger partial charge in [-0.05, 0) is 17.5 Å². The van der Waals surface area contributed by atoms with Gasteiger partial charge in [-0.2, -0.15) is 4.98 Å². The van der Waals surface area contributed by atoms with E-state index in [2.05, 4.69) is 22.4 Å². The van der Waals surface area contributed by atoms with Gasteiger partial charge in [0, 0.05) is 31.4 Å². The minimum absolute atomic E-state index is 0.0372. The van der Waals surface area contributed by atoms with Crippen LogP contribution in [0.3, 0.4) is 0 Å². The molecule has 1 heterocycles. The van der Waals surface area contributed by atoms with Gasteiger partial charge in [-0.1, -0.05) is 57.1 Å². The zero-order valence-electron chi connectivity index (χ0n) is 16.2. The second-order valence-corrected chi connectivity index (χ2v) is 7.36. The van der Waals surface area contributed by atoms with Crippen LogP contribution in [0.1, 0.15) is 63.4 Å². The SMILES string of the molecule is CCCOCc1ccccc1CNC(=O)CCc1nc(C(C)(C)C)no1. The number of hydrogen-bond acceptors (Lipinski definition) is 5. The van der Waals surface area contributed by atoms with Crippen LogP contribution in [0.5, 0.6) is 0 Å². The minimum Gasteiger partial charge on any atom is -0.377 e. The summed E-state index contributed by atoms with van der Waals surface area (Å²) in [6.45, 7) is 9.95. The number of nitrogens with zero attached hydrogens (tertiary/aromatic N) is 2. The Morgan fingerprint density at radius 3 is 2.62 bits per heavy atom. The van der Waals surface area contributed by atoms with Crippen molar-refractivity contribution in [2.75, 3.05) is 6.61 Å². The van der Waals surface area contributed by atoms with Crippen LogP contribution in [0.15, 0.2) is 28.8 Å². The maximum Gasteiger partial charge on any atom is 0.227 e. The molecule has 0 atom stereocenters. The molecule has 0 aliphatic carbocycles. The van der Waals surface area contributed by atoms with Crippen molar-refractivity contribution in [2.45, 2.75) is 65.5 Å². The number of carbonyl (C=O) groups excluding carboxylic acids is 1. The summed E-state index contributed by atoms with van der Waals surface area (Å²) in [5, 5.41) is 6.93. The lowest BCUT2D eigenvalue weighted by Gasteiger charge is -2.11. The largest absolute Gasteiger partial charge is 0.377 e. The van der Waals surface area contributed by atoms with Crippen molar-refractivity contribution in [1.29, 1.82) is 0 Å². The number of aromatic nitrogens is 2. The van der Waals surface area contributed by atoms with Crippen molar-refractivity contribution in [2.24, 2.45) is 0 Å². The lowest BCUT2D eigenvalue weighted by molar-refractivity contribution is -0.121. The van der Waals surface area contributed by atoms with Crippen LogP contribution in [0.2, 0.25) is 0 Å². The molecule has 26 heavy (non-hydrogen) atoms. The summed E-state index contributed by atoms with van der Waals surface area (Å²) >= 11 is 0. The van der Waals surface area contributed by atoms with E-state index in [0.29, 0.717) is 37.7 Å². The predicted octanol–water partition coefficient (Wildman–Crippen LogP) is 3.54. The monoisotopic (exact) mass is 359 g/mol. The molecule has 0 spiro atoms. The molecule has 1 aromatic heterocycles. The number of ether oxygens (including phenoxy) is 1. The first-order valence-electron chi connectivity index (χ1n) is 9.14. The van der Waals surface area contributed by atoms with Gasteiger partial charge in [0.2, 0.25) is 11.8 Å². The van der Waals surface area contributed by atoms with Gasteiger partial charge < -0.3 is 14.6 Å². The van der Waals surface area contributed by atoms with Gasteiger partial charge in [0.1, 0.15) is 0 Å². The average molecular weight is 359 g/mol. The number of hydrogen-bond donors (Lipinski definition) is 1. The van der Waals surface area contributed by atoms with Gasteiger partial charge in [0.25, 0.3) is 0 Å². The maximum absolute atomic E-state index is 12.1. The van der Waals surface area contributed by atoms with Gasteiger partial charge >= 0.3 is 0 Å². The van der Waals surface area contributed by atoms with Crippen molar-refractivity contribution in [3.8, 4) is 0 Å². The fourth-order valence-electron chi connectivity index (χ4n) is 2.36. The van der Waals surface area contributed by atoms with Crippen molar-refractivity contribution in [3.05, 3.63) is 47.1 Å². The van der Waals surface area contributed by atoms with Gasteiger partial charge in [-0.25, -0.2) is 0 Å². The molecule has 0 saturated carbocycles. The highest BCUT2D eigenvalue weighted by Gasteiger charge is 2.21. The van der Waals surface area contributed by atoms with E-state index in [0.717, 1.165) is 24.2 Å². The van der Waals surface area contributed by atoms with E-state index in [1.54, 1.807) is 0 Å². The normalized spacial score (nSPS) is 11.5. The van der Waals surface area contributed by atoms with E-state index in [1.165, 1.54) is 0 Å². The number of amides is 1. The first-order valence-corrected chi connectivity index (χ1v) is 9.14. The first-order chi connectivity index (χ1) is 12.4. The molecule has 142 valence electrons. The smallest absolute Gasteiger partial charge is 0.227 e. The van der Waals surface area contributed by atoms with E-state index >= 15 is 0 Å². The molecule has 0 bridgehead atoms. The highest BCUT2D eigenvalue weighted by atomic mass is 16.5. The molecule has 0 fully saturated rings. The quantitative estimate of drug-likeness (QED) is 0.693. The van der Waals surface area contributed by atoms with Gasteiger partial charge in [0.15, 0.2) is 5.82 Å². The number of aryl methyl sites for hydroxylation is 1. The third-order valence-electron chi connectivity index (χ3n) is 3.91. The van der Waals surface area contributed by atoms with Crippen LogP contribution in [-0.4, -0.2) is 22.7 Å². The van der Waals surface area contributed by atoms with E-state index < -0.39 is 0 Å². The van der Waals surface area contributed by atoms with Crippen LogP contribution in [-0.2, 0) is 34.5 Å². The van der Waals surface area contributed by atoms with Crippen LogP contribution in [0, 0.1) is 0 Å². The summed E-state index contributed by atoms with van der Waals surface area (Å²) in [5.41, 5.74) is 2.02. The van der Waals surface area contributed by atoms with E-state index in [-0.39, 0.29) is 11.3 Å². The van der Waals surface area contributed by atoms with Gasteiger partial charge in [-0.15, -0.1) is 0 Å². The molecule has 2 rings (SSSR count). The van der Waals surface area contributed by atoms with Gasteiger partial charge in [0.05, 0.1) is 6.61 Å². The topological polar surface area (TPSA) is 77.2 Å². The maximum atomic E-state index is 12.1. The molecule has 6 heteroatoms. The third-order valence-corrected chi connectivity index (χ3v) is 3.91. The molecule has 2 aromatic rings. The zero-order valence-corrected chi connectivity index (χ0v) is 16.2. The van der Waals surface area contributed by atoms with E-state index in [1.807, 2.05) is 45.0 Å². The molecular formula is C20H29N3O3. The second-order valence-electron chi connectivity index (χ2n) is 7.36. The van der Waals surface area contributed by atoms with Crippen molar-refractivity contribution >= 4 is 5.91 Å². The fraction of sp³-hybridized carbons (Fsp3) is 0.550.